The van der Waals surface area contributed by atoms with Crippen molar-refractivity contribution in [2.75, 3.05) is 0 Å². The number of hydrogen-bond acceptors (Lipinski definition) is 2. The van der Waals surface area contributed by atoms with Crippen LogP contribution in [0.4, 0.5) is 0 Å². The predicted molar refractivity (Wildman–Crippen MR) is 116 cm³/mol. The van der Waals surface area contributed by atoms with Crippen molar-refractivity contribution >= 4 is 29.6 Å². The van der Waals surface area contributed by atoms with E-state index >= 15 is 0 Å². The molecule has 0 aromatic heterocycles. The van der Waals surface area contributed by atoms with Crippen LogP contribution in [-0.2, 0) is 0 Å². The van der Waals surface area contributed by atoms with E-state index in [0.29, 0.717) is 5.92 Å². The molecule has 0 radical (unpaired) electrons. The van der Waals surface area contributed by atoms with Crippen molar-refractivity contribution in [3.8, 4) is 0 Å². The van der Waals surface area contributed by atoms with Gasteiger partial charge in [-0.05, 0) is 40.2 Å². The van der Waals surface area contributed by atoms with E-state index in [4.69, 9.17) is 0 Å². The zero-order valence-corrected chi connectivity index (χ0v) is 15.4. The van der Waals surface area contributed by atoms with Crippen LogP contribution in [0.15, 0.2) is 95.9 Å². The Morgan fingerprint density at radius 3 is 2.52 bits per heavy atom. The summed E-state index contributed by atoms with van der Waals surface area (Å²) in [5, 5.41) is 1.76. The first-order valence-corrected chi connectivity index (χ1v) is 8.96. The van der Waals surface area contributed by atoms with Gasteiger partial charge in [-0.15, -0.1) is 0 Å². The number of benzene rings is 1. The van der Waals surface area contributed by atoms with Crippen LogP contribution in [0, 0.1) is 5.92 Å². The lowest BCUT2D eigenvalue weighted by molar-refractivity contribution is 0.954. The highest BCUT2D eigenvalue weighted by atomic mass is 32.2. The van der Waals surface area contributed by atoms with Crippen LogP contribution in [0.2, 0.25) is 0 Å². The van der Waals surface area contributed by atoms with Crippen LogP contribution in [0.25, 0.3) is 12.2 Å². The number of thioether (sulfide) groups is 1. The van der Waals surface area contributed by atoms with Crippen LogP contribution in [0.3, 0.4) is 0 Å². The minimum absolute atomic E-state index is 0.433. The van der Waals surface area contributed by atoms with Crippen molar-refractivity contribution in [3.63, 3.8) is 0 Å². The lowest BCUT2D eigenvalue weighted by atomic mass is 10.0. The second kappa shape index (κ2) is 9.05. The molecular formula is C23H23NS. The molecule has 2 rings (SSSR count). The van der Waals surface area contributed by atoms with E-state index in [-0.39, 0.29) is 0 Å². The van der Waals surface area contributed by atoms with Gasteiger partial charge in [-0.1, -0.05) is 87.5 Å². The fraction of sp³-hybridized carbons (Fsp3) is 0.0870. The van der Waals surface area contributed by atoms with Gasteiger partial charge in [0, 0.05) is 16.7 Å². The number of rotatable bonds is 7. The van der Waals surface area contributed by atoms with Gasteiger partial charge in [-0.2, -0.15) is 0 Å². The van der Waals surface area contributed by atoms with Crippen molar-refractivity contribution in [2.45, 2.75) is 6.92 Å². The maximum atomic E-state index is 4.60. The molecule has 0 saturated carbocycles. The van der Waals surface area contributed by atoms with Crippen LogP contribution < -0.4 is 0 Å². The molecule has 0 fully saturated rings. The Labute approximate surface area is 155 Å². The highest BCUT2D eigenvalue weighted by molar-refractivity contribution is 8.06. The highest BCUT2D eigenvalue weighted by Gasteiger charge is 2.10. The molecule has 0 saturated heterocycles. The van der Waals surface area contributed by atoms with Crippen molar-refractivity contribution in [2.24, 2.45) is 10.9 Å². The molecule has 2 heteroatoms. The summed E-state index contributed by atoms with van der Waals surface area (Å²) in [6.07, 6.45) is 14.0. The average molecular weight is 346 g/mol. The molecule has 1 aliphatic carbocycles. The molecule has 1 atom stereocenters. The highest BCUT2D eigenvalue weighted by Crippen LogP contribution is 2.25. The van der Waals surface area contributed by atoms with Gasteiger partial charge in [-0.3, -0.25) is 4.99 Å². The number of hydrogen-bond donors (Lipinski definition) is 0. The van der Waals surface area contributed by atoms with E-state index in [2.05, 4.69) is 80.7 Å². The van der Waals surface area contributed by atoms with E-state index in [1.165, 1.54) is 22.9 Å². The lowest BCUT2D eigenvalue weighted by Crippen LogP contribution is -2.02. The summed E-state index contributed by atoms with van der Waals surface area (Å²) >= 11 is 1.47. The third kappa shape index (κ3) is 5.20. The Bertz CT molecular complexity index is 818. The van der Waals surface area contributed by atoms with Crippen molar-refractivity contribution < 1.29 is 0 Å². The first-order valence-electron chi connectivity index (χ1n) is 8.08. The monoisotopic (exact) mass is 345 g/mol. The standard InChI is InChI=1S/C23H23NS/c1-6-17(3)14-15-24-23(19(5)25-7-2)22-13-12-20-10-8-18(4)9-11-21(20)16-22/h6-16,18H,1-3,5H2,4H3/b15-14-,24-23+. The average Bonchev–Trinajstić information content (AvgIpc) is 2.80. The molecule has 1 unspecified atom stereocenters. The molecule has 0 heterocycles. The van der Waals surface area contributed by atoms with E-state index in [0.717, 1.165) is 21.8 Å². The normalized spacial score (nSPS) is 16.4. The molecule has 25 heavy (non-hydrogen) atoms. The van der Waals surface area contributed by atoms with Crippen molar-refractivity contribution in [1.29, 1.82) is 0 Å². The quantitative estimate of drug-likeness (QED) is 0.391. The van der Waals surface area contributed by atoms with Gasteiger partial charge in [0.2, 0.25) is 0 Å². The number of aliphatic imine (C=N–C) groups is 1. The van der Waals surface area contributed by atoms with Gasteiger partial charge in [0.05, 0.1) is 5.71 Å². The van der Waals surface area contributed by atoms with Gasteiger partial charge in [0.1, 0.15) is 0 Å². The molecule has 1 nitrogen and oxygen atoms in total. The third-order valence-electron chi connectivity index (χ3n) is 3.76. The van der Waals surface area contributed by atoms with E-state index in [9.17, 15) is 0 Å². The second-order valence-corrected chi connectivity index (χ2v) is 6.76. The summed E-state index contributed by atoms with van der Waals surface area (Å²) in [5.74, 6) is 0.433. The predicted octanol–water partition coefficient (Wildman–Crippen LogP) is 6.80. The summed E-state index contributed by atoms with van der Waals surface area (Å²) in [4.78, 5) is 5.46. The Balaban J connectivity index is 2.44. The molecule has 0 amide bonds. The third-order valence-corrected chi connectivity index (χ3v) is 4.41. The second-order valence-electron chi connectivity index (χ2n) is 5.70. The Hall–Kier alpha value is -2.58. The molecule has 0 aliphatic heterocycles. The molecule has 1 aromatic rings. The molecule has 0 spiro atoms. The first-order chi connectivity index (χ1) is 12.0. The summed E-state index contributed by atoms with van der Waals surface area (Å²) in [6, 6.07) is 6.35. The summed E-state index contributed by atoms with van der Waals surface area (Å²) in [6.45, 7) is 17.6. The minimum atomic E-state index is 0.433. The Morgan fingerprint density at radius 1 is 1.12 bits per heavy atom. The van der Waals surface area contributed by atoms with Gasteiger partial charge in [0.25, 0.3) is 0 Å². The lowest BCUT2D eigenvalue weighted by Gasteiger charge is -2.10. The van der Waals surface area contributed by atoms with E-state index < -0.39 is 0 Å². The Kier molecular flexibility index (Phi) is 6.79. The topological polar surface area (TPSA) is 12.4 Å². The van der Waals surface area contributed by atoms with E-state index in [1.54, 1.807) is 17.7 Å². The first kappa shape index (κ1) is 18.8. The molecule has 0 bridgehead atoms. The Morgan fingerprint density at radius 2 is 1.84 bits per heavy atom. The van der Waals surface area contributed by atoms with Crippen LogP contribution in [0.1, 0.15) is 23.6 Å². The van der Waals surface area contributed by atoms with Crippen molar-refractivity contribution in [3.05, 3.63) is 108 Å². The SMILES string of the molecule is C=CSC(=C)/C(=N\C=C/C(=C)C=C)c1ccc2c(c1)C=CC(C)C=C2. The number of nitrogens with zero attached hydrogens (tertiary/aromatic N) is 1. The minimum Gasteiger partial charge on any atom is -0.255 e. The molecule has 1 aliphatic rings. The zero-order chi connectivity index (χ0) is 18.2. The van der Waals surface area contributed by atoms with Gasteiger partial charge >= 0.3 is 0 Å². The van der Waals surface area contributed by atoms with Gasteiger partial charge in [0.15, 0.2) is 0 Å². The maximum Gasteiger partial charge on any atom is 0.0835 e. The molecule has 1 aromatic carbocycles. The molecule has 0 N–H and O–H groups in total. The maximum absolute atomic E-state index is 4.60. The smallest absolute Gasteiger partial charge is 0.0835 e. The van der Waals surface area contributed by atoms with E-state index in [1.807, 2.05) is 6.08 Å². The van der Waals surface area contributed by atoms with Gasteiger partial charge in [-0.25, -0.2) is 0 Å². The summed E-state index contributed by atoms with van der Waals surface area (Å²) in [5.41, 5.74) is 5.06. The number of fused-ring (bicyclic) bond motifs is 1. The zero-order valence-electron chi connectivity index (χ0n) is 14.6. The molecular weight excluding hydrogens is 322 g/mol. The number of allylic oxidation sites excluding steroid dienone is 6. The fourth-order valence-electron chi connectivity index (χ4n) is 2.33. The van der Waals surface area contributed by atoms with Crippen LogP contribution >= 0.6 is 11.8 Å². The van der Waals surface area contributed by atoms with Crippen LogP contribution in [-0.4, -0.2) is 5.71 Å². The van der Waals surface area contributed by atoms with Gasteiger partial charge < -0.3 is 0 Å². The van der Waals surface area contributed by atoms with Crippen molar-refractivity contribution in [1.82, 2.24) is 0 Å². The summed E-state index contributed by atoms with van der Waals surface area (Å²) in [7, 11) is 0. The van der Waals surface area contributed by atoms with Crippen LogP contribution in [0.5, 0.6) is 0 Å². The largest absolute Gasteiger partial charge is 0.255 e. The molecule has 126 valence electrons. The fourth-order valence-corrected chi connectivity index (χ4v) is 2.82. The summed E-state index contributed by atoms with van der Waals surface area (Å²) < 4.78 is 0.